The molecule has 0 spiro atoms. The van der Waals surface area contributed by atoms with Crippen molar-refractivity contribution in [3.05, 3.63) is 42.0 Å². The van der Waals surface area contributed by atoms with E-state index in [1.807, 2.05) is 0 Å². The molecule has 3 aromatic rings. The fraction of sp³-hybridized carbons (Fsp3) is 0.364. The SMILES string of the molecule is O=C(c1ccc2c(c1)OCO2)N(CCN1CCOCC1)c1nc2ccc(OC(F)(F)F)cc2s1. The lowest BCUT2D eigenvalue weighted by molar-refractivity contribution is -0.274. The number of carbonyl (C=O) groups is 1. The second-order valence-corrected chi connectivity index (χ2v) is 8.66. The zero-order chi connectivity index (χ0) is 23.7. The number of nitrogens with zero attached hydrogens (tertiary/aromatic N) is 3. The van der Waals surface area contributed by atoms with Crippen molar-refractivity contribution in [1.82, 2.24) is 9.88 Å². The standard InChI is InChI=1S/C22H20F3N3O5S/c23-22(24,25)33-15-2-3-16-19(12-15)34-21(26-16)28(6-5-27-7-9-30-10-8-27)20(29)14-1-4-17-18(11-14)32-13-31-17/h1-4,11-12H,5-10,13H2. The lowest BCUT2D eigenvalue weighted by Gasteiger charge is -2.29. The highest BCUT2D eigenvalue weighted by Gasteiger charge is 2.31. The van der Waals surface area contributed by atoms with Gasteiger partial charge in [-0.15, -0.1) is 13.2 Å². The molecule has 0 N–H and O–H groups in total. The molecule has 8 nitrogen and oxygen atoms in total. The van der Waals surface area contributed by atoms with Crippen LogP contribution in [-0.2, 0) is 4.74 Å². The van der Waals surface area contributed by atoms with Gasteiger partial charge in [0.1, 0.15) is 5.75 Å². The number of anilines is 1. The number of alkyl halides is 3. The van der Waals surface area contributed by atoms with Crippen LogP contribution < -0.4 is 19.1 Å². The zero-order valence-corrected chi connectivity index (χ0v) is 18.7. The molecule has 0 unspecified atom stereocenters. The van der Waals surface area contributed by atoms with Crippen LogP contribution in [-0.4, -0.2) is 68.3 Å². The molecule has 0 aliphatic carbocycles. The van der Waals surface area contributed by atoms with Crippen LogP contribution in [0.2, 0.25) is 0 Å². The molecule has 2 aliphatic heterocycles. The summed E-state index contributed by atoms with van der Waals surface area (Å²) in [4.78, 5) is 21.8. The van der Waals surface area contributed by atoms with Gasteiger partial charge in [0.2, 0.25) is 6.79 Å². The summed E-state index contributed by atoms with van der Waals surface area (Å²) in [6.45, 7) is 3.79. The Balaban J connectivity index is 1.44. The van der Waals surface area contributed by atoms with E-state index in [1.165, 1.54) is 18.2 Å². The van der Waals surface area contributed by atoms with Crippen LogP contribution in [0.25, 0.3) is 10.2 Å². The van der Waals surface area contributed by atoms with E-state index in [4.69, 9.17) is 14.2 Å². The summed E-state index contributed by atoms with van der Waals surface area (Å²) >= 11 is 1.13. The predicted octanol–water partition coefficient (Wildman–Crippen LogP) is 3.90. The Hall–Kier alpha value is -3.09. The van der Waals surface area contributed by atoms with Crippen molar-refractivity contribution in [3.63, 3.8) is 0 Å². The predicted molar refractivity (Wildman–Crippen MR) is 118 cm³/mol. The number of thiazole rings is 1. The van der Waals surface area contributed by atoms with Gasteiger partial charge in [-0.05, 0) is 30.3 Å². The topological polar surface area (TPSA) is 73.4 Å². The molecule has 0 bridgehead atoms. The molecular formula is C22H20F3N3O5S. The van der Waals surface area contributed by atoms with Gasteiger partial charge in [-0.1, -0.05) is 11.3 Å². The molecule has 0 radical (unpaired) electrons. The fourth-order valence-corrected chi connectivity index (χ4v) is 4.76. The summed E-state index contributed by atoms with van der Waals surface area (Å²) in [5.41, 5.74) is 0.871. The second-order valence-electron chi connectivity index (χ2n) is 7.65. The number of rotatable bonds is 6. The maximum absolute atomic E-state index is 13.5. The molecule has 12 heteroatoms. The Bertz CT molecular complexity index is 1200. The van der Waals surface area contributed by atoms with E-state index in [0.29, 0.717) is 58.7 Å². The molecule has 34 heavy (non-hydrogen) atoms. The molecule has 2 aliphatic rings. The van der Waals surface area contributed by atoms with Crippen molar-refractivity contribution >= 4 is 32.6 Å². The van der Waals surface area contributed by atoms with E-state index in [2.05, 4.69) is 14.6 Å². The Morgan fingerprint density at radius 2 is 1.91 bits per heavy atom. The first kappa shape index (κ1) is 22.7. The van der Waals surface area contributed by atoms with E-state index >= 15 is 0 Å². The van der Waals surface area contributed by atoms with E-state index in [9.17, 15) is 18.0 Å². The van der Waals surface area contributed by atoms with Gasteiger partial charge in [0, 0.05) is 37.8 Å². The van der Waals surface area contributed by atoms with Crippen LogP contribution >= 0.6 is 11.3 Å². The second kappa shape index (κ2) is 9.28. The number of hydrogen-bond acceptors (Lipinski definition) is 8. The van der Waals surface area contributed by atoms with Crippen molar-refractivity contribution in [2.45, 2.75) is 6.36 Å². The van der Waals surface area contributed by atoms with E-state index in [1.54, 1.807) is 23.1 Å². The lowest BCUT2D eigenvalue weighted by atomic mass is 10.1. The van der Waals surface area contributed by atoms with Crippen molar-refractivity contribution in [3.8, 4) is 17.2 Å². The highest BCUT2D eigenvalue weighted by Crippen LogP contribution is 2.36. The first-order valence-corrected chi connectivity index (χ1v) is 11.4. The Kier molecular flexibility index (Phi) is 6.19. The Morgan fingerprint density at radius 1 is 1.12 bits per heavy atom. The van der Waals surface area contributed by atoms with Gasteiger partial charge in [0.15, 0.2) is 16.6 Å². The normalized spacial score (nSPS) is 16.1. The minimum atomic E-state index is -4.79. The van der Waals surface area contributed by atoms with Gasteiger partial charge in [-0.2, -0.15) is 0 Å². The molecule has 1 fully saturated rings. The summed E-state index contributed by atoms with van der Waals surface area (Å²) in [7, 11) is 0. The number of fused-ring (bicyclic) bond motifs is 2. The summed E-state index contributed by atoms with van der Waals surface area (Å²) in [5.74, 6) is 0.417. The smallest absolute Gasteiger partial charge is 0.454 e. The highest BCUT2D eigenvalue weighted by molar-refractivity contribution is 7.22. The van der Waals surface area contributed by atoms with Crippen molar-refractivity contribution in [1.29, 1.82) is 0 Å². The molecule has 2 aromatic carbocycles. The molecule has 180 valence electrons. The monoisotopic (exact) mass is 495 g/mol. The average Bonchev–Trinajstić information content (AvgIpc) is 3.44. The summed E-state index contributed by atoms with van der Waals surface area (Å²) in [6, 6.07) is 8.87. The van der Waals surface area contributed by atoms with Crippen molar-refractivity contribution in [2.24, 2.45) is 0 Å². The first-order valence-electron chi connectivity index (χ1n) is 10.5. The third-order valence-electron chi connectivity index (χ3n) is 5.42. The number of morpholine rings is 1. The van der Waals surface area contributed by atoms with E-state index < -0.39 is 6.36 Å². The van der Waals surface area contributed by atoms with E-state index in [-0.39, 0.29) is 18.4 Å². The quantitative estimate of drug-likeness (QED) is 0.514. The molecule has 1 saturated heterocycles. The Morgan fingerprint density at radius 3 is 2.71 bits per heavy atom. The largest absolute Gasteiger partial charge is 0.573 e. The van der Waals surface area contributed by atoms with Gasteiger partial charge < -0.3 is 18.9 Å². The molecule has 5 rings (SSSR count). The third kappa shape index (κ3) is 5.03. The van der Waals surface area contributed by atoms with Crippen LogP contribution in [0.3, 0.4) is 0 Å². The number of ether oxygens (including phenoxy) is 4. The maximum Gasteiger partial charge on any atom is 0.573 e. The number of aromatic nitrogens is 1. The van der Waals surface area contributed by atoms with Crippen LogP contribution in [0.15, 0.2) is 36.4 Å². The number of carbonyl (C=O) groups excluding carboxylic acids is 1. The lowest BCUT2D eigenvalue weighted by Crippen LogP contribution is -2.43. The van der Waals surface area contributed by atoms with Crippen LogP contribution in [0.1, 0.15) is 10.4 Å². The maximum atomic E-state index is 13.5. The molecular weight excluding hydrogens is 475 g/mol. The van der Waals surface area contributed by atoms with Gasteiger partial charge in [0.25, 0.3) is 5.91 Å². The van der Waals surface area contributed by atoms with Crippen molar-refractivity contribution < 1.29 is 36.9 Å². The van der Waals surface area contributed by atoms with Crippen molar-refractivity contribution in [2.75, 3.05) is 51.1 Å². The zero-order valence-electron chi connectivity index (χ0n) is 17.8. The number of halogens is 3. The van der Waals surface area contributed by atoms with Gasteiger partial charge in [0.05, 0.1) is 23.4 Å². The summed E-state index contributed by atoms with van der Waals surface area (Å²) in [5, 5.41) is 0.384. The first-order chi connectivity index (χ1) is 16.4. The molecule has 1 aromatic heterocycles. The molecule has 0 saturated carbocycles. The molecule has 1 amide bonds. The van der Waals surface area contributed by atoms with Crippen LogP contribution in [0.5, 0.6) is 17.2 Å². The number of benzene rings is 2. The van der Waals surface area contributed by atoms with Crippen LogP contribution in [0, 0.1) is 0 Å². The van der Waals surface area contributed by atoms with E-state index in [0.717, 1.165) is 24.4 Å². The summed E-state index contributed by atoms with van der Waals surface area (Å²) < 4.78 is 58.5. The van der Waals surface area contributed by atoms with Gasteiger partial charge in [-0.25, -0.2) is 4.98 Å². The third-order valence-corrected chi connectivity index (χ3v) is 6.46. The van der Waals surface area contributed by atoms with Gasteiger partial charge in [-0.3, -0.25) is 14.6 Å². The highest BCUT2D eigenvalue weighted by atomic mass is 32.1. The summed E-state index contributed by atoms with van der Waals surface area (Å²) in [6.07, 6.45) is -4.79. The number of hydrogen-bond donors (Lipinski definition) is 0. The van der Waals surface area contributed by atoms with Gasteiger partial charge >= 0.3 is 6.36 Å². The Labute approximate surface area is 196 Å². The average molecular weight is 495 g/mol. The minimum absolute atomic E-state index is 0.0912. The molecule has 3 heterocycles. The minimum Gasteiger partial charge on any atom is -0.454 e. The van der Waals surface area contributed by atoms with Crippen LogP contribution in [0.4, 0.5) is 18.3 Å². The fourth-order valence-electron chi connectivity index (χ4n) is 3.74. The molecule has 0 atom stereocenters. The number of amides is 1.